The van der Waals surface area contributed by atoms with E-state index in [1.54, 1.807) is 7.11 Å². The lowest BCUT2D eigenvalue weighted by atomic mass is 9.72. The molecule has 0 aromatic carbocycles. The summed E-state index contributed by atoms with van der Waals surface area (Å²) in [5.74, 6) is 1.28. The Kier molecular flexibility index (Phi) is 6.06. The third-order valence-electron chi connectivity index (χ3n) is 6.55. The van der Waals surface area contributed by atoms with Crippen LogP contribution >= 0.6 is 0 Å². The van der Waals surface area contributed by atoms with Crippen LogP contribution in [0.4, 0.5) is 10.3 Å². The van der Waals surface area contributed by atoms with Crippen LogP contribution in [0.15, 0.2) is 12.4 Å². The Balaban J connectivity index is 1.48. The Hall–Kier alpha value is -1.80. The first-order chi connectivity index (χ1) is 13.7. The summed E-state index contributed by atoms with van der Waals surface area (Å²) in [6, 6.07) is 0.880. The molecule has 4 atom stereocenters. The van der Waals surface area contributed by atoms with Crippen molar-refractivity contribution < 1.29 is 13.9 Å². The Morgan fingerprint density at radius 1 is 1.29 bits per heavy atom. The molecule has 154 valence electrons. The zero-order valence-corrected chi connectivity index (χ0v) is 16.5. The molecule has 7 nitrogen and oxygen atoms in total. The molecule has 0 unspecified atom stereocenters. The number of ether oxygens (including phenoxy) is 1. The molecule has 1 aromatic heterocycles. The van der Waals surface area contributed by atoms with Gasteiger partial charge in [0, 0.05) is 45.2 Å². The second kappa shape index (κ2) is 8.69. The number of nitrogens with one attached hydrogen (secondary N) is 1. The topological polar surface area (TPSA) is 70.6 Å². The van der Waals surface area contributed by atoms with E-state index in [1.165, 1.54) is 38.1 Å². The van der Waals surface area contributed by atoms with E-state index in [0.717, 1.165) is 19.6 Å². The van der Waals surface area contributed by atoms with Crippen LogP contribution in [0.5, 0.6) is 0 Å². The highest BCUT2D eigenvalue weighted by Gasteiger charge is 2.47. The van der Waals surface area contributed by atoms with E-state index >= 15 is 0 Å². The van der Waals surface area contributed by atoms with Crippen LogP contribution in [-0.4, -0.2) is 72.8 Å². The van der Waals surface area contributed by atoms with Gasteiger partial charge in [-0.05, 0) is 37.6 Å². The van der Waals surface area contributed by atoms with Gasteiger partial charge in [-0.1, -0.05) is 6.42 Å². The number of carbonyl (C=O) groups excluding carboxylic acids is 1. The number of halogens is 1. The summed E-state index contributed by atoms with van der Waals surface area (Å²) in [4.78, 5) is 25.4. The normalized spacial score (nSPS) is 30.0. The molecule has 1 amide bonds. The average Bonchev–Trinajstić information content (AvgIpc) is 2.72. The fourth-order valence-corrected chi connectivity index (χ4v) is 5.32. The van der Waals surface area contributed by atoms with E-state index in [0.29, 0.717) is 49.4 Å². The molecule has 28 heavy (non-hydrogen) atoms. The minimum Gasteiger partial charge on any atom is -0.384 e. The van der Waals surface area contributed by atoms with Crippen molar-refractivity contribution in [3.05, 3.63) is 18.2 Å². The number of methoxy groups -OCH3 is 1. The highest BCUT2D eigenvalue weighted by atomic mass is 19.1. The summed E-state index contributed by atoms with van der Waals surface area (Å²) in [5, 5.41) is 3.13. The molecule has 4 heterocycles. The van der Waals surface area contributed by atoms with E-state index < -0.39 is 5.82 Å². The van der Waals surface area contributed by atoms with E-state index in [9.17, 15) is 9.18 Å². The first-order valence-electron chi connectivity index (χ1n) is 10.4. The highest BCUT2D eigenvalue weighted by Crippen LogP contribution is 2.41. The standard InChI is InChI=1S/C20H30FN5O2/c1-28-7-5-19(27)22-11-18-15-8-14(17-4-2-3-6-26(17)18)12-25(13-15)20-23-9-16(21)10-24-20/h9-10,14-15,17-18H,2-8,11-13H2,1H3,(H,22,27)/t14-,15+,17+,18+/m1/s1. The predicted octanol–water partition coefficient (Wildman–Crippen LogP) is 1.45. The monoisotopic (exact) mass is 391 g/mol. The number of nitrogens with zero attached hydrogens (tertiary/aromatic N) is 4. The lowest BCUT2D eigenvalue weighted by Gasteiger charge is -2.56. The SMILES string of the molecule is COCCC(=O)NC[C@H]1[C@H]2C[C@H](CN(c3ncc(F)cn3)C2)[C@@H]2CCCCN21. The molecular weight excluding hydrogens is 361 g/mol. The number of hydrogen-bond acceptors (Lipinski definition) is 6. The van der Waals surface area contributed by atoms with Gasteiger partial charge >= 0.3 is 0 Å². The van der Waals surface area contributed by atoms with Crippen molar-refractivity contribution in [3.63, 3.8) is 0 Å². The fourth-order valence-electron chi connectivity index (χ4n) is 5.32. The Bertz CT molecular complexity index is 673. The zero-order chi connectivity index (χ0) is 19.5. The van der Waals surface area contributed by atoms with Gasteiger partial charge in [0.05, 0.1) is 19.0 Å². The van der Waals surface area contributed by atoms with Crippen molar-refractivity contribution in [1.82, 2.24) is 20.2 Å². The van der Waals surface area contributed by atoms with E-state index in [1.807, 2.05) is 0 Å². The van der Waals surface area contributed by atoms with Gasteiger partial charge in [-0.2, -0.15) is 0 Å². The van der Waals surface area contributed by atoms with Crippen molar-refractivity contribution in [2.45, 2.75) is 44.2 Å². The van der Waals surface area contributed by atoms with Crippen molar-refractivity contribution in [3.8, 4) is 0 Å². The lowest BCUT2D eigenvalue weighted by molar-refractivity contribution is -0.122. The molecule has 1 N–H and O–H groups in total. The summed E-state index contributed by atoms with van der Waals surface area (Å²) in [6.45, 7) is 4.02. The maximum atomic E-state index is 13.2. The maximum Gasteiger partial charge on any atom is 0.225 e. The smallest absolute Gasteiger partial charge is 0.225 e. The van der Waals surface area contributed by atoms with Gasteiger partial charge in [0.25, 0.3) is 0 Å². The van der Waals surface area contributed by atoms with Crippen LogP contribution < -0.4 is 10.2 Å². The molecule has 3 fully saturated rings. The molecule has 0 radical (unpaired) electrons. The molecule has 0 spiro atoms. The molecular formula is C20H30FN5O2. The summed E-state index contributed by atoms with van der Waals surface area (Å²) in [7, 11) is 1.61. The number of anilines is 1. The predicted molar refractivity (Wildman–Crippen MR) is 103 cm³/mol. The van der Waals surface area contributed by atoms with Crippen LogP contribution in [0, 0.1) is 17.7 Å². The third kappa shape index (κ3) is 4.12. The first kappa shape index (κ1) is 19.5. The molecule has 8 heteroatoms. The van der Waals surface area contributed by atoms with E-state index in [2.05, 4.69) is 25.1 Å². The Morgan fingerprint density at radius 3 is 2.86 bits per heavy atom. The summed E-state index contributed by atoms with van der Waals surface area (Å²) < 4.78 is 18.2. The number of carbonyl (C=O) groups is 1. The molecule has 3 aliphatic heterocycles. The molecule has 0 saturated carbocycles. The third-order valence-corrected chi connectivity index (χ3v) is 6.55. The van der Waals surface area contributed by atoms with Crippen LogP contribution in [-0.2, 0) is 9.53 Å². The minimum atomic E-state index is -0.406. The number of hydrogen-bond donors (Lipinski definition) is 1. The summed E-state index contributed by atoms with van der Waals surface area (Å²) in [6.07, 6.45) is 7.77. The van der Waals surface area contributed by atoms with Crippen molar-refractivity contribution >= 4 is 11.9 Å². The molecule has 4 rings (SSSR count). The Labute approximate surface area is 165 Å². The fraction of sp³-hybridized carbons (Fsp3) is 0.750. The molecule has 3 aliphatic rings. The quantitative estimate of drug-likeness (QED) is 0.792. The molecule has 3 saturated heterocycles. The van der Waals surface area contributed by atoms with Crippen molar-refractivity contribution in [2.24, 2.45) is 11.8 Å². The van der Waals surface area contributed by atoms with Gasteiger partial charge in [-0.25, -0.2) is 14.4 Å². The molecule has 2 bridgehead atoms. The van der Waals surface area contributed by atoms with E-state index in [-0.39, 0.29) is 5.91 Å². The molecule has 1 aromatic rings. The molecule has 0 aliphatic carbocycles. The van der Waals surface area contributed by atoms with Crippen molar-refractivity contribution in [1.29, 1.82) is 0 Å². The van der Waals surface area contributed by atoms with Gasteiger partial charge in [0.15, 0.2) is 5.82 Å². The van der Waals surface area contributed by atoms with Crippen LogP contribution in [0.25, 0.3) is 0 Å². The summed E-state index contributed by atoms with van der Waals surface area (Å²) in [5.41, 5.74) is 0. The van der Waals surface area contributed by atoms with Gasteiger partial charge in [0.1, 0.15) is 0 Å². The highest BCUT2D eigenvalue weighted by molar-refractivity contribution is 5.76. The maximum absolute atomic E-state index is 13.2. The minimum absolute atomic E-state index is 0.0482. The van der Waals surface area contributed by atoms with Crippen LogP contribution in [0.3, 0.4) is 0 Å². The average molecular weight is 391 g/mol. The lowest BCUT2D eigenvalue weighted by Crippen LogP contribution is -2.66. The Morgan fingerprint density at radius 2 is 2.07 bits per heavy atom. The number of amides is 1. The number of aromatic nitrogens is 2. The second-order valence-corrected chi connectivity index (χ2v) is 8.28. The zero-order valence-electron chi connectivity index (χ0n) is 16.5. The summed E-state index contributed by atoms with van der Waals surface area (Å²) >= 11 is 0. The number of piperidine rings is 3. The van der Waals surface area contributed by atoms with Gasteiger partial charge in [-0.15, -0.1) is 0 Å². The largest absolute Gasteiger partial charge is 0.384 e. The van der Waals surface area contributed by atoms with Crippen LogP contribution in [0.2, 0.25) is 0 Å². The second-order valence-electron chi connectivity index (χ2n) is 8.28. The number of fused-ring (bicyclic) bond motifs is 4. The first-order valence-corrected chi connectivity index (χ1v) is 10.4. The van der Waals surface area contributed by atoms with E-state index in [4.69, 9.17) is 4.74 Å². The van der Waals surface area contributed by atoms with Crippen LogP contribution in [0.1, 0.15) is 32.1 Å². The van der Waals surface area contributed by atoms with Crippen molar-refractivity contribution in [2.75, 3.05) is 44.8 Å². The van der Waals surface area contributed by atoms with Gasteiger partial charge in [-0.3, -0.25) is 9.69 Å². The van der Waals surface area contributed by atoms with Gasteiger partial charge < -0.3 is 15.0 Å². The number of rotatable bonds is 6. The van der Waals surface area contributed by atoms with Gasteiger partial charge in [0.2, 0.25) is 11.9 Å².